The standard InChI is InChI=1S/C25H26N4O5S/c1-25(2,3)19-14-17(29-11-10-22(30)27-24(29)31)13-18(23(19)34-4)15-6-8-20-16(12-15)7-9-21(26-20)28-35(5,32)33/h6-14H,1-5H3,(H,26,28)(H,27,30,31). The summed E-state index contributed by atoms with van der Waals surface area (Å²) in [5.41, 5.74) is 2.34. The van der Waals surface area contributed by atoms with E-state index in [4.69, 9.17) is 4.74 Å². The lowest BCUT2D eigenvalue weighted by Crippen LogP contribution is -2.27. The van der Waals surface area contributed by atoms with Crippen LogP contribution in [0.5, 0.6) is 5.75 Å². The van der Waals surface area contributed by atoms with Crippen molar-refractivity contribution in [3.63, 3.8) is 0 Å². The minimum absolute atomic E-state index is 0.236. The minimum Gasteiger partial charge on any atom is -0.496 e. The zero-order valence-corrected chi connectivity index (χ0v) is 20.9. The van der Waals surface area contributed by atoms with Crippen LogP contribution in [0.15, 0.2) is 64.3 Å². The van der Waals surface area contributed by atoms with Crippen molar-refractivity contribution in [2.75, 3.05) is 18.1 Å². The molecule has 0 aliphatic carbocycles. The lowest BCUT2D eigenvalue weighted by atomic mass is 9.83. The van der Waals surface area contributed by atoms with Gasteiger partial charge in [-0.15, -0.1) is 0 Å². The van der Waals surface area contributed by atoms with E-state index in [1.54, 1.807) is 25.3 Å². The number of aromatic amines is 1. The Morgan fingerprint density at radius 2 is 1.77 bits per heavy atom. The number of hydrogen-bond acceptors (Lipinski definition) is 6. The summed E-state index contributed by atoms with van der Waals surface area (Å²) in [5.74, 6) is 0.904. The van der Waals surface area contributed by atoms with Crippen LogP contribution >= 0.6 is 0 Å². The van der Waals surface area contributed by atoms with E-state index in [9.17, 15) is 18.0 Å². The number of benzene rings is 2. The predicted octanol–water partition coefficient (Wildman–Crippen LogP) is 3.42. The van der Waals surface area contributed by atoms with Gasteiger partial charge in [-0.3, -0.25) is 19.1 Å². The van der Waals surface area contributed by atoms with E-state index >= 15 is 0 Å². The van der Waals surface area contributed by atoms with Crippen LogP contribution in [0.25, 0.3) is 27.7 Å². The van der Waals surface area contributed by atoms with Crippen LogP contribution in [-0.2, 0) is 15.4 Å². The zero-order chi connectivity index (χ0) is 25.5. The third-order valence-corrected chi connectivity index (χ3v) is 6.06. The fourth-order valence-corrected chi connectivity index (χ4v) is 4.40. The molecule has 0 bridgehead atoms. The molecule has 0 spiro atoms. The fourth-order valence-electron chi connectivity index (χ4n) is 3.90. The van der Waals surface area contributed by atoms with Crippen molar-refractivity contribution >= 4 is 26.7 Å². The molecule has 0 saturated carbocycles. The summed E-state index contributed by atoms with van der Waals surface area (Å²) in [6.07, 6.45) is 2.52. The van der Waals surface area contributed by atoms with Gasteiger partial charge in [-0.05, 0) is 47.4 Å². The molecule has 0 unspecified atom stereocenters. The number of pyridine rings is 1. The van der Waals surface area contributed by atoms with E-state index in [1.165, 1.54) is 16.8 Å². The number of fused-ring (bicyclic) bond motifs is 1. The molecule has 10 heteroatoms. The maximum Gasteiger partial charge on any atom is 0.332 e. The van der Waals surface area contributed by atoms with Gasteiger partial charge in [0.15, 0.2) is 0 Å². The van der Waals surface area contributed by atoms with Gasteiger partial charge in [0.05, 0.1) is 24.6 Å². The molecule has 2 N–H and O–H groups in total. The monoisotopic (exact) mass is 494 g/mol. The Hall–Kier alpha value is -3.92. The molecule has 0 saturated heterocycles. The van der Waals surface area contributed by atoms with E-state index in [0.717, 1.165) is 28.3 Å². The van der Waals surface area contributed by atoms with Gasteiger partial charge in [-0.1, -0.05) is 26.8 Å². The Labute approximate surface area is 202 Å². The molecule has 0 aliphatic rings. The van der Waals surface area contributed by atoms with Crippen molar-refractivity contribution in [3.8, 4) is 22.6 Å². The molecule has 182 valence electrons. The Morgan fingerprint density at radius 1 is 1.03 bits per heavy atom. The Balaban J connectivity index is 1.94. The number of ether oxygens (including phenoxy) is 1. The van der Waals surface area contributed by atoms with E-state index in [0.29, 0.717) is 17.0 Å². The highest BCUT2D eigenvalue weighted by atomic mass is 32.2. The first-order valence-corrected chi connectivity index (χ1v) is 12.7. The molecule has 2 aromatic heterocycles. The third kappa shape index (κ3) is 5.12. The lowest BCUT2D eigenvalue weighted by Gasteiger charge is -2.25. The van der Waals surface area contributed by atoms with Crippen LogP contribution in [0.1, 0.15) is 26.3 Å². The first-order chi connectivity index (χ1) is 16.4. The van der Waals surface area contributed by atoms with E-state index in [-0.39, 0.29) is 11.2 Å². The Kier molecular flexibility index (Phi) is 6.02. The maximum absolute atomic E-state index is 12.5. The normalized spacial score (nSPS) is 12.0. The molecule has 4 rings (SSSR count). The molecule has 0 radical (unpaired) electrons. The highest BCUT2D eigenvalue weighted by Crippen LogP contribution is 2.41. The highest BCUT2D eigenvalue weighted by molar-refractivity contribution is 7.92. The molecule has 0 atom stereocenters. The molecule has 2 heterocycles. The molecule has 0 amide bonds. The smallest absolute Gasteiger partial charge is 0.332 e. The van der Waals surface area contributed by atoms with Gasteiger partial charge in [-0.25, -0.2) is 18.2 Å². The van der Waals surface area contributed by atoms with Gasteiger partial charge in [0.25, 0.3) is 5.56 Å². The number of H-pyrrole nitrogens is 1. The first kappa shape index (κ1) is 24.2. The second-order valence-corrected chi connectivity index (χ2v) is 11.0. The molecule has 0 aliphatic heterocycles. The molecule has 4 aromatic rings. The predicted molar refractivity (Wildman–Crippen MR) is 137 cm³/mol. The summed E-state index contributed by atoms with van der Waals surface area (Å²) < 4.78 is 32.7. The van der Waals surface area contributed by atoms with Gasteiger partial charge in [-0.2, -0.15) is 0 Å². The highest BCUT2D eigenvalue weighted by Gasteiger charge is 2.24. The summed E-state index contributed by atoms with van der Waals surface area (Å²) in [4.78, 5) is 30.8. The fraction of sp³-hybridized carbons (Fsp3) is 0.240. The second-order valence-electron chi connectivity index (χ2n) is 9.28. The number of anilines is 1. The first-order valence-electron chi connectivity index (χ1n) is 10.8. The maximum atomic E-state index is 12.5. The third-order valence-electron chi connectivity index (χ3n) is 5.48. The number of methoxy groups -OCH3 is 1. The van der Waals surface area contributed by atoms with Crippen molar-refractivity contribution in [3.05, 3.63) is 81.1 Å². The SMILES string of the molecule is COc1c(-c2ccc3nc(NS(C)(=O)=O)ccc3c2)cc(-n2ccc(=O)[nH]c2=O)cc1C(C)(C)C. The zero-order valence-electron chi connectivity index (χ0n) is 20.0. The van der Waals surface area contributed by atoms with Crippen LogP contribution in [0.2, 0.25) is 0 Å². The van der Waals surface area contributed by atoms with Gasteiger partial charge in [0, 0.05) is 28.8 Å². The van der Waals surface area contributed by atoms with Crippen molar-refractivity contribution in [2.24, 2.45) is 0 Å². The average molecular weight is 495 g/mol. The van der Waals surface area contributed by atoms with Gasteiger partial charge < -0.3 is 4.74 Å². The molecule has 35 heavy (non-hydrogen) atoms. The van der Waals surface area contributed by atoms with Gasteiger partial charge in [0.1, 0.15) is 11.6 Å². The van der Waals surface area contributed by atoms with Crippen LogP contribution in [-0.4, -0.2) is 36.3 Å². The second kappa shape index (κ2) is 8.70. The largest absolute Gasteiger partial charge is 0.496 e. The van der Waals surface area contributed by atoms with Gasteiger partial charge >= 0.3 is 5.69 Å². The van der Waals surface area contributed by atoms with Crippen molar-refractivity contribution < 1.29 is 13.2 Å². The van der Waals surface area contributed by atoms with Crippen LogP contribution in [0, 0.1) is 0 Å². The summed E-state index contributed by atoms with van der Waals surface area (Å²) >= 11 is 0. The van der Waals surface area contributed by atoms with E-state index in [1.807, 2.05) is 24.3 Å². The topological polar surface area (TPSA) is 123 Å². The van der Waals surface area contributed by atoms with Crippen molar-refractivity contribution in [1.29, 1.82) is 0 Å². The van der Waals surface area contributed by atoms with Crippen molar-refractivity contribution in [2.45, 2.75) is 26.2 Å². The summed E-state index contributed by atoms with van der Waals surface area (Å²) in [7, 11) is -1.84. The lowest BCUT2D eigenvalue weighted by molar-refractivity contribution is 0.399. The Morgan fingerprint density at radius 3 is 2.40 bits per heavy atom. The number of rotatable bonds is 5. The molecule has 9 nitrogen and oxygen atoms in total. The molecule has 2 aromatic carbocycles. The summed E-state index contributed by atoms with van der Waals surface area (Å²) in [6.45, 7) is 6.15. The number of hydrogen-bond donors (Lipinski definition) is 2. The number of aromatic nitrogens is 3. The van der Waals surface area contributed by atoms with Crippen LogP contribution in [0.3, 0.4) is 0 Å². The number of nitrogens with one attached hydrogen (secondary N) is 2. The van der Waals surface area contributed by atoms with Crippen LogP contribution in [0.4, 0.5) is 5.82 Å². The van der Waals surface area contributed by atoms with E-state index < -0.39 is 21.3 Å². The quantitative estimate of drug-likeness (QED) is 0.438. The minimum atomic E-state index is -3.44. The van der Waals surface area contributed by atoms with Crippen molar-refractivity contribution in [1.82, 2.24) is 14.5 Å². The number of sulfonamides is 1. The Bertz CT molecular complexity index is 1660. The molecular weight excluding hydrogens is 468 g/mol. The molecular formula is C25H26N4O5S. The van der Waals surface area contributed by atoms with Crippen LogP contribution < -0.4 is 20.7 Å². The molecule has 0 fully saturated rings. The number of nitrogens with zero attached hydrogens (tertiary/aromatic N) is 2. The average Bonchev–Trinajstić information content (AvgIpc) is 2.76. The van der Waals surface area contributed by atoms with E-state index in [2.05, 4.69) is 35.5 Å². The van der Waals surface area contributed by atoms with Gasteiger partial charge in [0.2, 0.25) is 10.0 Å². The summed E-state index contributed by atoms with van der Waals surface area (Å²) in [6, 6.07) is 14.0. The summed E-state index contributed by atoms with van der Waals surface area (Å²) in [5, 5.41) is 0.799.